The van der Waals surface area contributed by atoms with Crippen molar-refractivity contribution in [2.75, 3.05) is 7.11 Å². The second-order valence-electron chi connectivity index (χ2n) is 3.06. The molecule has 1 heterocycles. The van der Waals surface area contributed by atoms with Crippen LogP contribution in [0.4, 0.5) is 13.2 Å². The predicted octanol–water partition coefficient (Wildman–Crippen LogP) is 1.61. The summed E-state index contributed by atoms with van der Waals surface area (Å²) in [5, 5.41) is 0. The molecule has 0 aliphatic carbocycles. The molecule has 0 atom stereocenters. The number of primary amides is 1. The fourth-order valence-corrected chi connectivity index (χ4v) is 1.09. The molecule has 0 aromatic carbocycles. The Morgan fingerprint density at radius 2 is 2.18 bits per heavy atom. The Balaban J connectivity index is 3.20. The number of alkyl halides is 3. The molecule has 2 N–H and O–H groups in total. The first-order valence-electron chi connectivity index (χ1n) is 4.43. The van der Waals surface area contributed by atoms with Gasteiger partial charge in [-0.3, -0.25) is 4.79 Å². The van der Waals surface area contributed by atoms with Gasteiger partial charge < -0.3 is 10.5 Å². The Morgan fingerprint density at radius 3 is 2.65 bits per heavy atom. The van der Waals surface area contributed by atoms with Crippen LogP contribution in [-0.4, -0.2) is 18.0 Å². The van der Waals surface area contributed by atoms with Gasteiger partial charge in [-0.25, -0.2) is 4.98 Å². The number of rotatable bonds is 3. The fraction of sp³-hybridized carbons (Fsp3) is 0.200. The minimum atomic E-state index is -4.51. The number of nitrogens with zero attached hydrogens (tertiary/aromatic N) is 1. The summed E-state index contributed by atoms with van der Waals surface area (Å²) in [4.78, 5) is 14.0. The molecule has 1 amide bonds. The highest BCUT2D eigenvalue weighted by Crippen LogP contribution is 2.31. The number of ether oxygens (including phenoxy) is 1. The van der Waals surface area contributed by atoms with Crippen molar-refractivity contribution in [2.45, 2.75) is 6.18 Å². The van der Waals surface area contributed by atoms with Gasteiger partial charge in [-0.05, 0) is 12.1 Å². The van der Waals surface area contributed by atoms with E-state index >= 15 is 0 Å². The lowest BCUT2D eigenvalue weighted by atomic mass is 10.2. The standard InChI is InChI=1S/C10H9F3N2O2/c1-17-9-6(2-3-8(14)16)4-7(5-15-9)10(11,12)13/h2-5H,1H3,(H2,14,16). The van der Waals surface area contributed by atoms with Crippen molar-refractivity contribution in [3.05, 3.63) is 29.5 Å². The van der Waals surface area contributed by atoms with E-state index in [2.05, 4.69) is 4.98 Å². The minimum absolute atomic E-state index is 0.0181. The van der Waals surface area contributed by atoms with E-state index in [4.69, 9.17) is 10.5 Å². The summed E-state index contributed by atoms with van der Waals surface area (Å²) in [6.07, 6.45) is -1.81. The molecule has 0 radical (unpaired) electrons. The highest BCUT2D eigenvalue weighted by atomic mass is 19.4. The molecular weight excluding hydrogens is 237 g/mol. The maximum absolute atomic E-state index is 12.4. The first kappa shape index (κ1) is 13.0. The van der Waals surface area contributed by atoms with Crippen molar-refractivity contribution in [2.24, 2.45) is 5.73 Å². The maximum Gasteiger partial charge on any atom is 0.417 e. The molecule has 0 saturated carbocycles. The summed E-state index contributed by atoms with van der Waals surface area (Å²) in [5.41, 5.74) is 3.95. The number of carbonyl (C=O) groups excluding carboxylic acids is 1. The van der Waals surface area contributed by atoms with Crippen LogP contribution < -0.4 is 10.5 Å². The van der Waals surface area contributed by atoms with Crippen LogP contribution >= 0.6 is 0 Å². The SMILES string of the molecule is COc1ncc(C(F)(F)F)cc1C=CC(N)=O. The van der Waals surface area contributed by atoms with Crippen molar-refractivity contribution in [3.8, 4) is 5.88 Å². The molecule has 92 valence electrons. The van der Waals surface area contributed by atoms with Gasteiger partial charge in [0.05, 0.1) is 12.7 Å². The van der Waals surface area contributed by atoms with Crippen LogP contribution in [0.15, 0.2) is 18.3 Å². The topological polar surface area (TPSA) is 65.2 Å². The normalized spacial score (nSPS) is 11.8. The number of halogens is 3. The van der Waals surface area contributed by atoms with Gasteiger partial charge in [0.25, 0.3) is 0 Å². The van der Waals surface area contributed by atoms with E-state index in [9.17, 15) is 18.0 Å². The average Bonchev–Trinajstić information content (AvgIpc) is 2.24. The highest BCUT2D eigenvalue weighted by Gasteiger charge is 2.31. The van der Waals surface area contributed by atoms with Gasteiger partial charge in [0.2, 0.25) is 11.8 Å². The third-order valence-electron chi connectivity index (χ3n) is 1.83. The smallest absolute Gasteiger partial charge is 0.417 e. The Labute approximate surface area is 94.9 Å². The summed E-state index contributed by atoms with van der Waals surface area (Å²) >= 11 is 0. The molecule has 0 aliphatic heterocycles. The third-order valence-corrected chi connectivity index (χ3v) is 1.83. The average molecular weight is 246 g/mol. The second kappa shape index (κ2) is 4.86. The van der Waals surface area contributed by atoms with Gasteiger partial charge in [-0.15, -0.1) is 0 Å². The monoisotopic (exact) mass is 246 g/mol. The zero-order chi connectivity index (χ0) is 13.1. The Morgan fingerprint density at radius 1 is 1.53 bits per heavy atom. The molecule has 1 aromatic heterocycles. The summed E-state index contributed by atoms with van der Waals surface area (Å²) < 4.78 is 42.0. The van der Waals surface area contributed by atoms with Gasteiger partial charge in [0, 0.05) is 17.8 Å². The number of hydrogen-bond acceptors (Lipinski definition) is 3. The van der Waals surface area contributed by atoms with Crippen molar-refractivity contribution in [1.82, 2.24) is 4.98 Å². The second-order valence-corrected chi connectivity index (χ2v) is 3.06. The number of amides is 1. The zero-order valence-electron chi connectivity index (χ0n) is 8.78. The molecule has 0 aliphatic rings. The lowest BCUT2D eigenvalue weighted by Gasteiger charge is -2.09. The summed E-state index contributed by atoms with van der Waals surface area (Å²) in [5.74, 6) is -0.792. The molecule has 17 heavy (non-hydrogen) atoms. The minimum Gasteiger partial charge on any atom is -0.481 e. The third kappa shape index (κ3) is 3.47. The molecule has 0 spiro atoms. The number of nitrogens with two attached hydrogens (primary N) is 1. The van der Waals surface area contributed by atoms with Gasteiger partial charge in [-0.2, -0.15) is 13.2 Å². The van der Waals surface area contributed by atoms with Crippen LogP contribution in [0.25, 0.3) is 6.08 Å². The first-order valence-corrected chi connectivity index (χ1v) is 4.43. The van der Waals surface area contributed by atoms with E-state index in [-0.39, 0.29) is 11.4 Å². The Bertz CT molecular complexity index is 455. The van der Waals surface area contributed by atoms with Crippen LogP contribution in [0, 0.1) is 0 Å². The van der Waals surface area contributed by atoms with Crippen molar-refractivity contribution >= 4 is 12.0 Å². The molecule has 0 bridgehead atoms. The van der Waals surface area contributed by atoms with Crippen molar-refractivity contribution in [1.29, 1.82) is 0 Å². The summed E-state index contributed by atoms with van der Waals surface area (Å²) in [6.45, 7) is 0. The number of aromatic nitrogens is 1. The Kier molecular flexibility index (Phi) is 3.72. The number of methoxy groups -OCH3 is 1. The summed E-state index contributed by atoms with van der Waals surface area (Å²) in [7, 11) is 1.26. The van der Waals surface area contributed by atoms with Crippen molar-refractivity contribution < 1.29 is 22.7 Å². The van der Waals surface area contributed by atoms with Crippen LogP contribution in [0.5, 0.6) is 5.88 Å². The van der Waals surface area contributed by atoms with E-state index in [0.717, 1.165) is 18.2 Å². The van der Waals surface area contributed by atoms with Crippen LogP contribution in [0.2, 0.25) is 0 Å². The quantitative estimate of drug-likeness (QED) is 0.824. The Hall–Kier alpha value is -2.05. The van der Waals surface area contributed by atoms with Crippen LogP contribution in [-0.2, 0) is 11.0 Å². The first-order chi connectivity index (χ1) is 7.84. The lowest BCUT2D eigenvalue weighted by molar-refractivity contribution is -0.137. The molecule has 4 nitrogen and oxygen atoms in total. The van der Waals surface area contributed by atoms with Crippen LogP contribution in [0.1, 0.15) is 11.1 Å². The molecule has 1 rings (SSSR count). The number of hydrogen-bond donors (Lipinski definition) is 1. The fourth-order valence-electron chi connectivity index (χ4n) is 1.09. The maximum atomic E-state index is 12.4. The molecule has 0 saturated heterocycles. The lowest BCUT2D eigenvalue weighted by Crippen LogP contribution is -2.07. The highest BCUT2D eigenvalue weighted by molar-refractivity contribution is 5.90. The summed E-state index contributed by atoms with van der Waals surface area (Å²) in [6, 6.07) is 0.825. The van der Waals surface area contributed by atoms with E-state index in [0.29, 0.717) is 6.20 Å². The number of pyridine rings is 1. The van der Waals surface area contributed by atoms with Gasteiger partial charge in [0.15, 0.2) is 0 Å². The molecular formula is C10H9F3N2O2. The van der Waals surface area contributed by atoms with E-state index in [1.165, 1.54) is 7.11 Å². The van der Waals surface area contributed by atoms with E-state index in [1.54, 1.807) is 0 Å². The molecule has 7 heteroatoms. The van der Waals surface area contributed by atoms with Gasteiger partial charge in [0.1, 0.15) is 0 Å². The largest absolute Gasteiger partial charge is 0.481 e. The van der Waals surface area contributed by atoms with Gasteiger partial charge in [-0.1, -0.05) is 0 Å². The van der Waals surface area contributed by atoms with E-state index < -0.39 is 17.6 Å². The van der Waals surface area contributed by atoms with Gasteiger partial charge >= 0.3 is 6.18 Å². The van der Waals surface area contributed by atoms with E-state index in [1.807, 2.05) is 0 Å². The molecule has 0 fully saturated rings. The predicted molar refractivity (Wildman–Crippen MR) is 54.0 cm³/mol. The zero-order valence-corrected chi connectivity index (χ0v) is 8.78. The number of carbonyl (C=O) groups is 1. The molecule has 0 unspecified atom stereocenters. The van der Waals surface area contributed by atoms with Crippen molar-refractivity contribution in [3.63, 3.8) is 0 Å². The van der Waals surface area contributed by atoms with Crippen LogP contribution in [0.3, 0.4) is 0 Å². The molecule has 1 aromatic rings.